The van der Waals surface area contributed by atoms with Crippen molar-refractivity contribution in [3.63, 3.8) is 0 Å². The Labute approximate surface area is 84.5 Å². The predicted molar refractivity (Wildman–Crippen MR) is 41.8 cm³/mol. The van der Waals surface area contributed by atoms with Gasteiger partial charge in [-0.3, -0.25) is 0 Å². The molecule has 0 spiro atoms. The maximum atomic E-state index is 10.4. The van der Waals surface area contributed by atoms with Crippen molar-refractivity contribution in [3.8, 4) is 0 Å². The molecule has 12 heavy (non-hydrogen) atoms. The van der Waals surface area contributed by atoms with E-state index in [1.165, 1.54) is 0 Å². The number of carbonyl (C=O) groups is 1. The molecule has 60 valence electrons. The van der Waals surface area contributed by atoms with Crippen LogP contribution >= 0.6 is 0 Å². The van der Waals surface area contributed by atoms with Crippen molar-refractivity contribution in [2.75, 3.05) is 0 Å². The average molecular weight is 159 g/mol. The van der Waals surface area contributed by atoms with E-state index < -0.39 is 5.97 Å². The summed E-state index contributed by atoms with van der Waals surface area (Å²) in [5.74, 6) is -0.979. The smallest absolute Gasteiger partial charge is 1.00 e. The number of hydrogen-bond acceptors (Lipinski definition) is 2. The van der Waals surface area contributed by atoms with Crippen LogP contribution in [0.25, 0.3) is 0 Å². The Morgan fingerprint density at radius 1 is 1.50 bits per heavy atom. The summed E-state index contributed by atoms with van der Waals surface area (Å²) in [7, 11) is 0. The first-order chi connectivity index (χ1) is 5.11. The molecule has 0 aliphatic carbocycles. The maximum Gasteiger partial charge on any atom is 1.00 e. The summed E-state index contributed by atoms with van der Waals surface area (Å²) in [4.78, 5) is 14.1. The van der Waals surface area contributed by atoms with E-state index in [1.54, 1.807) is 12.3 Å². The van der Waals surface area contributed by atoms with E-state index >= 15 is 0 Å². The van der Waals surface area contributed by atoms with Crippen molar-refractivity contribution in [3.05, 3.63) is 29.1 Å². The van der Waals surface area contributed by atoms with Crippen molar-refractivity contribution in [1.82, 2.24) is 4.98 Å². The van der Waals surface area contributed by atoms with Gasteiger partial charge in [0.1, 0.15) is 5.69 Å². The Balaban J connectivity index is 0. The molecule has 0 atom stereocenters. The molecule has 0 amide bonds. The molecule has 1 heterocycles. The van der Waals surface area contributed by atoms with Crippen LogP contribution in [0.4, 0.5) is 0 Å². The van der Waals surface area contributed by atoms with Crippen molar-refractivity contribution >= 4 is 5.97 Å². The summed E-state index contributed by atoms with van der Waals surface area (Å²) in [6.07, 6.45) is 1.57. The van der Waals surface area contributed by atoms with Crippen molar-refractivity contribution < 1.29 is 30.2 Å². The summed E-state index contributed by atoms with van der Waals surface area (Å²) >= 11 is 0. The largest absolute Gasteiger partial charge is 1.00 e. The van der Waals surface area contributed by atoms with E-state index in [0.717, 1.165) is 11.1 Å². The van der Waals surface area contributed by atoms with Gasteiger partial charge in [-0.05, 0) is 31.0 Å². The maximum absolute atomic E-state index is 10.4. The van der Waals surface area contributed by atoms with Gasteiger partial charge >= 0.3 is 24.8 Å². The number of aryl methyl sites for hydroxylation is 2. The van der Waals surface area contributed by atoms with E-state index in [4.69, 9.17) is 5.11 Å². The Kier molecular flexibility index (Phi) is 4.01. The molecule has 0 aliphatic heterocycles. The van der Waals surface area contributed by atoms with Crippen LogP contribution in [0, 0.1) is 13.8 Å². The monoisotopic (exact) mass is 159 g/mol. The van der Waals surface area contributed by atoms with E-state index in [9.17, 15) is 4.79 Å². The number of nitrogens with zero attached hydrogens (tertiary/aromatic N) is 1. The Morgan fingerprint density at radius 2 is 2.08 bits per heavy atom. The molecule has 1 aromatic rings. The van der Waals surface area contributed by atoms with Crippen LogP contribution in [0.5, 0.6) is 0 Å². The molecular formula is C8H10LiNO2. The van der Waals surface area contributed by atoms with Crippen molar-refractivity contribution in [2.24, 2.45) is 0 Å². The van der Waals surface area contributed by atoms with Crippen LogP contribution in [0.15, 0.2) is 12.3 Å². The minimum Gasteiger partial charge on any atom is -1.00 e. The van der Waals surface area contributed by atoms with Gasteiger partial charge in [0, 0.05) is 6.20 Å². The second-order valence-electron chi connectivity index (χ2n) is 2.46. The molecule has 0 bridgehead atoms. The van der Waals surface area contributed by atoms with E-state index in [0.29, 0.717) is 0 Å². The zero-order valence-electron chi connectivity index (χ0n) is 8.46. The Hall–Kier alpha value is -0.783. The van der Waals surface area contributed by atoms with Crippen LogP contribution < -0.4 is 18.9 Å². The standard InChI is InChI=1S/C8H9NO2.Li.H/c1-5-3-7(8(10)11)9-4-6(5)2;;/h3-4H,1-2H3,(H,10,11);;/q;+1;-1. The van der Waals surface area contributed by atoms with Gasteiger partial charge < -0.3 is 6.53 Å². The van der Waals surface area contributed by atoms with Crippen LogP contribution in [0.1, 0.15) is 23.0 Å². The Morgan fingerprint density at radius 3 is 2.50 bits per heavy atom. The normalized spacial score (nSPS) is 8.83. The number of carboxylic acid groups (broad SMARTS) is 1. The SMILES string of the molecule is Cc1cnc(C(=O)O)cc1C.[H-].[Li+]. The van der Waals surface area contributed by atoms with Gasteiger partial charge in [0.15, 0.2) is 0 Å². The summed E-state index contributed by atoms with van der Waals surface area (Å²) in [5.41, 5.74) is 2.07. The molecule has 3 nitrogen and oxygen atoms in total. The molecule has 0 saturated carbocycles. The molecule has 0 saturated heterocycles. The van der Waals surface area contributed by atoms with Crippen LogP contribution in [-0.2, 0) is 0 Å². The van der Waals surface area contributed by atoms with Crippen LogP contribution in [-0.4, -0.2) is 16.1 Å². The zero-order valence-corrected chi connectivity index (χ0v) is 7.46. The topological polar surface area (TPSA) is 50.2 Å². The molecule has 1 N–H and O–H groups in total. The number of hydrogen-bond donors (Lipinski definition) is 1. The molecule has 0 aliphatic rings. The molecular weight excluding hydrogens is 149 g/mol. The zero-order chi connectivity index (χ0) is 8.43. The molecule has 1 aromatic heterocycles. The van der Waals surface area contributed by atoms with E-state index in [-0.39, 0.29) is 26.0 Å². The van der Waals surface area contributed by atoms with Gasteiger partial charge in [0.2, 0.25) is 0 Å². The second kappa shape index (κ2) is 4.29. The summed E-state index contributed by atoms with van der Waals surface area (Å²) in [6, 6.07) is 1.57. The second-order valence-corrected chi connectivity index (χ2v) is 2.46. The molecule has 0 unspecified atom stereocenters. The first kappa shape index (κ1) is 11.2. The van der Waals surface area contributed by atoms with Gasteiger partial charge in [-0.15, -0.1) is 0 Å². The molecule has 4 heteroatoms. The number of carboxylic acids is 1. The fraction of sp³-hybridized carbons (Fsp3) is 0.250. The minimum atomic E-state index is -0.979. The number of rotatable bonds is 1. The van der Waals surface area contributed by atoms with Gasteiger partial charge in [0.25, 0.3) is 0 Å². The number of aromatic nitrogens is 1. The van der Waals surface area contributed by atoms with Crippen LogP contribution in [0.2, 0.25) is 0 Å². The van der Waals surface area contributed by atoms with Crippen molar-refractivity contribution in [1.29, 1.82) is 0 Å². The third-order valence-electron chi connectivity index (χ3n) is 1.59. The predicted octanol–water partition coefficient (Wildman–Crippen LogP) is -1.49. The van der Waals surface area contributed by atoms with Gasteiger partial charge in [-0.25, -0.2) is 9.78 Å². The fourth-order valence-electron chi connectivity index (χ4n) is 0.741. The number of aromatic carboxylic acids is 1. The molecule has 0 radical (unpaired) electrons. The van der Waals surface area contributed by atoms with E-state index in [1.807, 2.05) is 13.8 Å². The first-order valence-corrected chi connectivity index (χ1v) is 3.28. The molecule has 0 aromatic carbocycles. The summed E-state index contributed by atoms with van der Waals surface area (Å²) in [5, 5.41) is 8.54. The molecule has 0 fully saturated rings. The van der Waals surface area contributed by atoms with E-state index in [2.05, 4.69) is 4.98 Å². The Bertz CT molecular complexity index is 304. The summed E-state index contributed by atoms with van der Waals surface area (Å²) in [6.45, 7) is 3.76. The van der Waals surface area contributed by atoms with Crippen LogP contribution in [0.3, 0.4) is 0 Å². The summed E-state index contributed by atoms with van der Waals surface area (Å²) < 4.78 is 0. The third-order valence-corrected chi connectivity index (χ3v) is 1.59. The minimum absolute atomic E-state index is 0. The van der Waals surface area contributed by atoms with Gasteiger partial charge in [0.05, 0.1) is 0 Å². The number of pyridine rings is 1. The fourth-order valence-corrected chi connectivity index (χ4v) is 0.741. The van der Waals surface area contributed by atoms with Gasteiger partial charge in [-0.1, -0.05) is 0 Å². The van der Waals surface area contributed by atoms with Gasteiger partial charge in [-0.2, -0.15) is 0 Å². The average Bonchev–Trinajstić information content (AvgIpc) is 1.94. The third kappa shape index (κ3) is 2.37. The van der Waals surface area contributed by atoms with Crippen molar-refractivity contribution in [2.45, 2.75) is 13.8 Å². The molecule has 1 rings (SSSR count). The first-order valence-electron chi connectivity index (χ1n) is 3.28. The quantitative estimate of drug-likeness (QED) is 0.508.